The molecule has 0 aliphatic rings. The van der Waals surface area contributed by atoms with E-state index >= 15 is 0 Å². The zero-order chi connectivity index (χ0) is 13.9. The van der Waals surface area contributed by atoms with E-state index in [9.17, 15) is 26.7 Å². The number of nitrogens with one attached hydrogen (secondary N) is 1. The van der Waals surface area contributed by atoms with E-state index in [1.54, 1.807) is 0 Å². The van der Waals surface area contributed by atoms with Crippen molar-refractivity contribution in [3.63, 3.8) is 0 Å². The molecule has 0 spiro atoms. The molecule has 1 rings (SSSR count). The zero-order valence-electron chi connectivity index (χ0n) is 9.02. The highest BCUT2D eigenvalue weighted by atomic mass is 19.3. The first kappa shape index (κ1) is 14.2. The van der Waals surface area contributed by atoms with Gasteiger partial charge in [0.15, 0.2) is 11.6 Å². The van der Waals surface area contributed by atoms with Crippen molar-refractivity contribution in [3.05, 3.63) is 24.0 Å². The minimum atomic E-state index is -4.84. The summed E-state index contributed by atoms with van der Waals surface area (Å²) < 4.78 is 66.6. The Morgan fingerprint density at radius 2 is 2.00 bits per heavy atom. The number of carbonyl (C=O) groups is 1. The molecule has 0 unspecified atom stereocenters. The van der Waals surface area contributed by atoms with Crippen LogP contribution in [0.3, 0.4) is 0 Å². The number of alkyl halides is 4. The van der Waals surface area contributed by atoms with Gasteiger partial charge in [-0.2, -0.15) is 8.78 Å². The Labute approximate surface area is 98.5 Å². The molecular weight excluding hydrogens is 261 g/mol. The molecule has 8 heteroatoms. The number of ether oxygens (including phenoxy) is 1. The maximum absolute atomic E-state index is 13.1. The van der Waals surface area contributed by atoms with Crippen molar-refractivity contribution in [1.82, 2.24) is 0 Å². The molecule has 3 nitrogen and oxygen atoms in total. The van der Waals surface area contributed by atoms with Crippen LogP contribution >= 0.6 is 0 Å². The highest BCUT2D eigenvalue weighted by molar-refractivity contribution is 5.96. The number of benzene rings is 1. The van der Waals surface area contributed by atoms with Gasteiger partial charge >= 0.3 is 18.3 Å². The second-order valence-corrected chi connectivity index (χ2v) is 3.23. The van der Waals surface area contributed by atoms with Crippen molar-refractivity contribution < 1.29 is 31.5 Å². The summed E-state index contributed by atoms with van der Waals surface area (Å²) in [4.78, 5) is 10.8. The van der Waals surface area contributed by atoms with Gasteiger partial charge in [0, 0.05) is 11.8 Å². The number of anilines is 1. The van der Waals surface area contributed by atoms with E-state index in [0.717, 1.165) is 12.1 Å². The minimum Gasteiger partial charge on any atom is -0.494 e. The van der Waals surface area contributed by atoms with E-state index in [4.69, 9.17) is 0 Å². The molecule has 0 saturated carbocycles. The van der Waals surface area contributed by atoms with Gasteiger partial charge in [-0.25, -0.2) is 13.2 Å². The van der Waals surface area contributed by atoms with Gasteiger partial charge in [0.2, 0.25) is 0 Å². The quantitative estimate of drug-likeness (QED) is 0.853. The van der Waals surface area contributed by atoms with Crippen LogP contribution < -0.4 is 10.1 Å². The van der Waals surface area contributed by atoms with E-state index in [1.165, 1.54) is 12.4 Å². The van der Waals surface area contributed by atoms with Crippen molar-refractivity contribution >= 4 is 11.6 Å². The number of hydrogen-bond acceptors (Lipinski definition) is 2. The third kappa shape index (κ3) is 2.88. The normalized spacial score (nSPS) is 11.5. The standard InChI is InChI=1S/C10H8F5NO2/c1-18-7-3-2-5(4-6(7)11)16-9(17)10(14,15)8(12)13/h2-4,8H,1H3,(H,16,17). The molecule has 0 radical (unpaired) electrons. The van der Waals surface area contributed by atoms with Crippen LogP contribution in [0.25, 0.3) is 0 Å². The smallest absolute Gasteiger partial charge is 0.383 e. The molecule has 1 aromatic carbocycles. The Balaban J connectivity index is 2.86. The molecule has 0 aliphatic carbocycles. The van der Waals surface area contributed by atoms with Crippen LogP contribution in [-0.2, 0) is 4.79 Å². The summed E-state index contributed by atoms with van der Waals surface area (Å²) >= 11 is 0. The fourth-order valence-electron chi connectivity index (χ4n) is 1.06. The molecule has 1 aromatic rings. The van der Waals surface area contributed by atoms with Crippen LogP contribution in [0.4, 0.5) is 27.6 Å². The fraction of sp³-hybridized carbons (Fsp3) is 0.300. The molecule has 1 amide bonds. The number of rotatable bonds is 4. The summed E-state index contributed by atoms with van der Waals surface area (Å²) in [5.74, 6) is -8.14. The summed E-state index contributed by atoms with van der Waals surface area (Å²) in [5, 5.41) is 1.49. The first-order valence-electron chi connectivity index (χ1n) is 4.60. The van der Waals surface area contributed by atoms with Crippen LogP contribution in [0.15, 0.2) is 18.2 Å². The zero-order valence-corrected chi connectivity index (χ0v) is 9.02. The predicted molar refractivity (Wildman–Crippen MR) is 52.5 cm³/mol. The molecule has 0 aliphatic heterocycles. The average molecular weight is 269 g/mol. The lowest BCUT2D eigenvalue weighted by Gasteiger charge is -2.15. The van der Waals surface area contributed by atoms with Crippen molar-refractivity contribution in [2.45, 2.75) is 12.3 Å². The number of halogens is 5. The maximum atomic E-state index is 13.1. The van der Waals surface area contributed by atoms with Crippen LogP contribution in [-0.4, -0.2) is 25.4 Å². The highest BCUT2D eigenvalue weighted by Crippen LogP contribution is 2.26. The summed E-state index contributed by atoms with van der Waals surface area (Å²) in [7, 11) is 1.18. The summed E-state index contributed by atoms with van der Waals surface area (Å²) in [6.45, 7) is 0. The van der Waals surface area contributed by atoms with Gasteiger partial charge < -0.3 is 10.1 Å². The van der Waals surface area contributed by atoms with Gasteiger partial charge in [0.25, 0.3) is 0 Å². The third-order valence-corrected chi connectivity index (χ3v) is 1.99. The number of methoxy groups -OCH3 is 1. The predicted octanol–water partition coefficient (Wildman–Crippen LogP) is 2.67. The third-order valence-electron chi connectivity index (χ3n) is 1.99. The Bertz CT molecular complexity index is 450. The van der Waals surface area contributed by atoms with Gasteiger partial charge in [0.1, 0.15) is 0 Å². The van der Waals surface area contributed by atoms with Crippen molar-refractivity contribution in [3.8, 4) is 5.75 Å². The summed E-state index contributed by atoms with van der Waals surface area (Å²) in [6.07, 6.45) is -4.14. The summed E-state index contributed by atoms with van der Waals surface area (Å²) in [6, 6.07) is 2.78. The molecule has 0 fully saturated rings. The van der Waals surface area contributed by atoms with Gasteiger partial charge in [-0.3, -0.25) is 4.79 Å². The molecule has 0 saturated heterocycles. The topological polar surface area (TPSA) is 38.3 Å². The van der Waals surface area contributed by atoms with Gasteiger partial charge in [-0.15, -0.1) is 0 Å². The van der Waals surface area contributed by atoms with Crippen LogP contribution in [0.1, 0.15) is 0 Å². The number of amides is 1. The van der Waals surface area contributed by atoms with E-state index in [-0.39, 0.29) is 11.4 Å². The molecular formula is C10H8F5NO2. The lowest BCUT2D eigenvalue weighted by molar-refractivity contribution is -0.163. The molecule has 100 valence electrons. The fourth-order valence-corrected chi connectivity index (χ4v) is 1.06. The average Bonchev–Trinajstić information content (AvgIpc) is 2.28. The Kier molecular flexibility index (Phi) is 4.10. The molecule has 18 heavy (non-hydrogen) atoms. The lowest BCUT2D eigenvalue weighted by Crippen LogP contribution is -2.40. The van der Waals surface area contributed by atoms with Crippen molar-refractivity contribution in [1.29, 1.82) is 0 Å². The van der Waals surface area contributed by atoms with Crippen molar-refractivity contribution in [2.24, 2.45) is 0 Å². The van der Waals surface area contributed by atoms with Crippen LogP contribution in [0.5, 0.6) is 5.75 Å². The van der Waals surface area contributed by atoms with Gasteiger partial charge in [-0.1, -0.05) is 0 Å². The molecule has 0 bridgehead atoms. The van der Waals surface area contributed by atoms with E-state index in [2.05, 4.69) is 4.74 Å². The monoisotopic (exact) mass is 269 g/mol. The van der Waals surface area contributed by atoms with Gasteiger partial charge in [-0.05, 0) is 12.1 Å². The van der Waals surface area contributed by atoms with Crippen molar-refractivity contribution in [2.75, 3.05) is 12.4 Å². The Hall–Kier alpha value is -1.86. The number of carbonyl (C=O) groups excluding carboxylic acids is 1. The minimum absolute atomic E-state index is 0.173. The lowest BCUT2D eigenvalue weighted by atomic mass is 10.2. The maximum Gasteiger partial charge on any atom is 0.383 e. The van der Waals surface area contributed by atoms with Crippen LogP contribution in [0.2, 0.25) is 0 Å². The van der Waals surface area contributed by atoms with E-state index < -0.39 is 24.1 Å². The molecule has 1 N–H and O–H groups in total. The SMILES string of the molecule is COc1ccc(NC(=O)C(F)(F)C(F)F)cc1F. The number of hydrogen-bond donors (Lipinski definition) is 1. The second kappa shape index (κ2) is 5.19. The first-order chi connectivity index (χ1) is 8.28. The van der Waals surface area contributed by atoms with E-state index in [1.807, 2.05) is 0 Å². The highest BCUT2D eigenvalue weighted by Gasteiger charge is 2.48. The molecule has 0 aromatic heterocycles. The first-order valence-corrected chi connectivity index (χ1v) is 4.60. The second-order valence-electron chi connectivity index (χ2n) is 3.23. The Morgan fingerprint density at radius 1 is 1.39 bits per heavy atom. The van der Waals surface area contributed by atoms with Crippen LogP contribution in [0, 0.1) is 5.82 Å². The van der Waals surface area contributed by atoms with E-state index in [0.29, 0.717) is 6.07 Å². The largest absolute Gasteiger partial charge is 0.494 e. The summed E-state index contributed by atoms with van der Waals surface area (Å²) in [5.41, 5.74) is -0.376. The molecule has 0 heterocycles. The van der Waals surface area contributed by atoms with Gasteiger partial charge in [0.05, 0.1) is 7.11 Å². The Morgan fingerprint density at radius 3 is 2.44 bits per heavy atom. The molecule has 0 atom stereocenters.